The molecule has 0 aliphatic rings. The van der Waals surface area contributed by atoms with E-state index in [1.165, 1.54) is 4.90 Å². The molecule has 0 aliphatic carbocycles. The summed E-state index contributed by atoms with van der Waals surface area (Å²) in [6.07, 6.45) is 0. The fourth-order valence-electron chi connectivity index (χ4n) is 0.756. The van der Waals surface area contributed by atoms with Gasteiger partial charge in [0.2, 0.25) is 0 Å². The lowest BCUT2D eigenvalue weighted by atomic mass is 10.3. The summed E-state index contributed by atoms with van der Waals surface area (Å²) in [6, 6.07) is 0.494. The van der Waals surface area contributed by atoms with Crippen LogP contribution in [0.1, 0.15) is 13.8 Å². The molecule has 0 aromatic carbocycles. The Morgan fingerprint density at radius 3 is 2.23 bits per heavy atom. The quantitative estimate of drug-likeness (QED) is 0.699. The van der Waals surface area contributed by atoms with Gasteiger partial charge in [-0.1, -0.05) is 0 Å². The summed E-state index contributed by atoms with van der Waals surface area (Å²) < 4.78 is 0. The molecule has 78 valence electrons. The molecule has 0 aliphatic heterocycles. The van der Waals surface area contributed by atoms with E-state index in [2.05, 4.69) is 24.1 Å². The number of amides is 2. The minimum Gasteiger partial charge on any atom is -0.337 e. The molecule has 0 rings (SSSR count). The molecule has 1 N–H and O–H groups in total. The molecule has 0 heterocycles. The summed E-state index contributed by atoms with van der Waals surface area (Å²) in [6.45, 7) is 5.85. The molecule has 2 amide bonds. The first-order valence-electron chi connectivity index (χ1n) is 4.60. The average Bonchev–Trinajstić information content (AvgIpc) is 2.03. The molecule has 4 nitrogen and oxygen atoms in total. The summed E-state index contributed by atoms with van der Waals surface area (Å²) in [5.41, 5.74) is 0. The van der Waals surface area contributed by atoms with E-state index in [-0.39, 0.29) is 6.03 Å². The van der Waals surface area contributed by atoms with Gasteiger partial charge in [-0.3, -0.25) is 0 Å². The van der Waals surface area contributed by atoms with Crippen LogP contribution in [0.2, 0.25) is 0 Å². The fourth-order valence-corrected chi connectivity index (χ4v) is 0.756. The molecular formula is C9H21N3O. The van der Waals surface area contributed by atoms with Gasteiger partial charge in [0.05, 0.1) is 0 Å². The Balaban J connectivity index is 3.51. The van der Waals surface area contributed by atoms with Gasteiger partial charge < -0.3 is 15.1 Å². The highest BCUT2D eigenvalue weighted by Crippen LogP contribution is 1.90. The molecule has 0 radical (unpaired) electrons. The van der Waals surface area contributed by atoms with E-state index >= 15 is 0 Å². The lowest BCUT2D eigenvalue weighted by molar-refractivity contribution is 0.213. The SMILES string of the molecule is CC(C)N(C)CCNC(=O)N(C)C. The number of carbonyl (C=O) groups excluding carboxylic acids is 1. The molecule has 0 saturated carbocycles. The topological polar surface area (TPSA) is 35.6 Å². The standard InChI is InChI=1S/C9H21N3O/c1-8(2)12(5)7-6-10-9(13)11(3)4/h8H,6-7H2,1-5H3,(H,10,13). The molecule has 0 unspecified atom stereocenters. The number of nitrogens with zero attached hydrogens (tertiary/aromatic N) is 2. The van der Waals surface area contributed by atoms with Crippen molar-refractivity contribution in [2.45, 2.75) is 19.9 Å². The van der Waals surface area contributed by atoms with Crippen LogP contribution in [-0.4, -0.2) is 56.1 Å². The van der Waals surface area contributed by atoms with Crippen molar-refractivity contribution < 1.29 is 4.79 Å². The normalized spacial score (nSPS) is 10.7. The van der Waals surface area contributed by atoms with Crippen LogP contribution in [0.3, 0.4) is 0 Å². The third kappa shape index (κ3) is 5.47. The third-order valence-electron chi connectivity index (χ3n) is 2.03. The third-order valence-corrected chi connectivity index (χ3v) is 2.03. The van der Waals surface area contributed by atoms with Gasteiger partial charge in [-0.05, 0) is 20.9 Å². The van der Waals surface area contributed by atoms with Crippen LogP contribution in [0.25, 0.3) is 0 Å². The Kier molecular flexibility index (Phi) is 5.46. The zero-order valence-electron chi connectivity index (χ0n) is 9.29. The molecule has 0 bridgehead atoms. The largest absolute Gasteiger partial charge is 0.337 e. The lowest BCUT2D eigenvalue weighted by Gasteiger charge is -2.21. The Hall–Kier alpha value is -0.770. The molecule has 0 fully saturated rings. The Morgan fingerprint density at radius 2 is 1.85 bits per heavy atom. The number of nitrogens with one attached hydrogen (secondary N) is 1. The van der Waals surface area contributed by atoms with Crippen LogP contribution in [0.5, 0.6) is 0 Å². The summed E-state index contributed by atoms with van der Waals surface area (Å²) in [4.78, 5) is 14.8. The maximum atomic E-state index is 11.1. The fraction of sp³-hybridized carbons (Fsp3) is 0.889. The van der Waals surface area contributed by atoms with E-state index in [0.29, 0.717) is 12.6 Å². The first-order valence-corrected chi connectivity index (χ1v) is 4.60. The zero-order chi connectivity index (χ0) is 10.4. The van der Waals surface area contributed by atoms with Crippen LogP contribution >= 0.6 is 0 Å². The summed E-state index contributed by atoms with van der Waals surface area (Å²) in [7, 11) is 5.52. The molecule has 4 heteroatoms. The molecule has 0 atom stereocenters. The van der Waals surface area contributed by atoms with Gasteiger partial charge in [0, 0.05) is 33.2 Å². The second kappa shape index (κ2) is 5.80. The van der Waals surface area contributed by atoms with Gasteiger partial charge in [0.1, 0.15) is 0 Å². The maximum Gasteiger partial charge on any atom is 0.316 e. The second-order valence-electron chi connectivity index (χ2n) is 3.70. The van der Waals surface area contributed by atoms with Crippen molar-refractivity contribution >= 4 is 6.03 Å². The predicted molar refractivity (Wildman–Crippen MR) is 54.9 cm³/mol. The zero-order valence-corrected chi connectivity index (χ0v) is 9.29. The first-order chi connectivity index (χ1) is 5.95. The van der Waals surface area contributed by atoms with Crippen molar-refractivity contribution in [1.29, 1.82) is 0 Å². The van der Waals surface area contributed by atoms with E-state index in [1.54, 1.807) is 14.1 Å². The van der Waals surface area contributed by atoms with E-state index in [1.807, 2.05) is 7.05 Å². The van der Waals surface area contributed by atoms with Crippen molar-refractivity contribution in [3.63, 3.8) is 0 Å². The lowest BCUT2D eigenvalue weighted by Crippen LogP contribution is -2.40. The van der Waals surface area contributed by atoms with Crippen molar-refractivity contribution in [2.24, 2.45) is 0 Å². The highest BCUT2D eigenvalue weighted by molar-refractivity contribution is 5.73. The van der Waals surface area contributed by atoms with Crippen LogP contribution < -0.4 is 5.32 Å². The summed E-state index contributed by atoms with van der Waals surface area (Å²) in [5.74, 6) is 0. The van der Waals surface area contributed by atoms with Crippen LogP contribution in [0.4, 0.5) is 4.79 Å². The number of carbonyl (C=O) groups is 1. The number of rotatable bonds is 4. The highest BCUT2D eigenvalue weighted by Gasteiger charge is 2.04. The minimum atomic E-state index is -0.0304. The average molecular weight is 187 g/mol. The number of urea groups is 1. The van der Waals surface area contributed by atoms with E-state index < -0.39 is 0 Å². The summed E-state index contributed by atoms with van der Waals surface area (Å²) >= 11 is 0. The van der Waals surface area contributed by atoms with Crippen molar-refractivity contribution in [2.75, 3.05) is 34.2 Å². The number of hydrogen-bond acceptors (Lipinski definition) is 2. The van der Waals surface area contributed by atoms with Gasteiger partial charge in [0.25, 0.3) is 0 Å². The monoisotopic (exact) mass is 187 g/mol. The van der Waals surface area contributed by atoms with E-state index in [4.69, 9.17) is 0 Å². The van der Waals surface area contributed by atoms with Crippen LogP contribution in [-0.2, 0) is 0 Å². The van der Waals surface area contributed by atoms with E-state index in [9.17, 15) is 4.79 Å². The van der Waals surface area contributed by atoms with Crippen molar-refractivity contribution in [1.82, 2.24) is 15.1 Å². The Bertz CT molecular complexity index is 157. The maximum absolute atomic E-state index is 11.1. The van der Waals surface area contributed by atoms with Gasteiger partial charge >= 0.3 is 6.03 Å². The molecule has 13 heavy (non-hydrogen) atoms. The van der Waals surface area contributed by atoms with E-state index in [0.717, 1.165) is 6.54 Å². The minimum absolute atomic E-state index is 0.0304. The second-order valence-corrected chi connectivity index (χ2v) is 3.70. The molecule has 0 aromatic rings. The number of hydrogen-bond donors (Lipinski definition) is 1. The predicted octanol–water partition coefficient (Wildman–Crippen LogP) is 0.598. The smallest absolute Gasteiger partial charge is 0.316 e. The highest BCUT2D eigenvalue weighted by atomic mass is 16.2. The molecule has 0 aromatic heterocycles. The van der Waals surface area contributed by atoms with Crippen LogP contribution in [0.15, 0.2) is 0 Å². The number of likely N-dealkylation sites (N-methyl/N-ethyl adjacent to an activating group) is 1. The molecule has 0 saturated heterocycles. The first kappa shape index (κ1) is 12.2. The van der Waals surface area contributed by atoms with Crippen molar-refractivity contribution in [3.05, 3.63) is 0 Å². The van der Waals surface area contributed by atoms with Gasteiger partial charge in [-0.15, -0.1) is 0 Å². The van der Waals surface area contributed by atoms with Crippen LogP contribution in [0, 0.1) is 0 Å². The van der Waals surface area contributed by atoms with Crippen molar-refractivity contribution in [3.8, 4) is 0 Å². The molecule has 0 spiro atoms. The summed E-state index contributed by atoms with van der Waals surface area (Å²) in [5, 5.41) is 2.81. The Morgan fingerprint density at radius 1 is 1.31 bits per heavy atom. The Labute approximate surface area is 80.9 Å². The van der Waals surface area contributed by atoms with Gasteiger partial charge in [-0.2, -0.15) is 0 Å². The van der Waals surface area contributed by atoms with Gasteiger partial charge in [-0.25, -0.2) is 4.79 Å². The molecular weight excluding hydrogens is 166 g/mol. The van der Waals surface area contributed by atoms with Gasteiger partial charge in [0.15, 0.2) is 0 Å².